The molecule has 0 saturated heterocycles. The lowest BCUT2D eigenvalue weighted by Gasteiger charge is -2.29. The minimum absolute atomic E-state index is 0.0121. The average molecular weight is 498 g/mol. The van der Waals surface area contributed by atoms with Gasteiger partial charge in [-0.05, 0) is 73.5 Å². The Kier molecular flexibility index (Phi) is 7.66. The molecule has 1 heterocycles. The van der Waals surface area contributed by atoms with Gasteiger partial charge in [-0.15, -0.1) is 0 Å². The monoisotopic (exact) mass is 497 g/mol. The molecule has 0 aliphatic carbocycles. The number of hydrogen-bond acceptors (Lipinski definition) is 4. The van der Waals surface area contributed by atoms with Gasteiger partial charge in [0.25, 0.3) is 0 Å². The maximum Gasteiger partial charge on any atom is 0.165 e. The van der Waals surface area contributed by atoms with E-state index in [1.807, 2.05) is 12.1 Å². The Bertz CT molecular complexity index is 1160. The number of ether oxygens (including phenoxy) is 2. The summed E-state index contributed by atoms with van der Waals surface area (Å²) in [5.41, 5.74) is 0.886. The Morgan fingerprint density at radius 3 is 1.69 bits per heavy atom. The van der Waals surface area contributed by atoms with Crippen LogP contribution in [0.15, 0.2) is 122 Å². The highest BCUT2D eigenvalue weighted by Gasteiger charge is 2.44. The Hall–Kier alpha value is -3.59. The summed E-state index contributed by atoms with van der Waals surface area (Å²) >= 11 is 0. The lowest BCUT2D eigenvalue weighted by atomic mass is 10.1. The van der Waals surface area contributed by atoms with E-state index in [4.69, 9.17) is 14.7 Å². The van der Waals surface area contributed by atoms with E-state index >= 15 is 0 Å². The fraction of sp³-hybridized carbons (Fsp3) is 0.161. The van der Waals surface area contributed by atoms with Gasteiger partial charge in [0, 0.05) is 5.56 Å². The third kappa shape index (κ3) is 5.16. The van der Waals surface area contributed by atoms with Crippen molar-refractivity contribution in [2.24, 2.45) is 0 Å². The third-order valence-electron chi connectivity index (χ3n) is 6.65. The first kappa shape index (κ1) is 24.1. The standard InChI is InChI=1S/C31H29O4P/c32-35-26-20-18-25(19-21-26)31-24-33-27(23-34-31)11-10-22-36(28-12-4-1-5-13-28,29-14-6-2-7-15-29)30-16-8-3-9-17-30/h1-9,12-21,24,27H,10-11,22-23H2/p+1. The molecule has 0 bridgehead atoms. The van der Waals surface area contributed by atoms with Crippen LogP contribution in [0.3, 0.4) is 0 Å². The summed E-state index contributed by atoms with van der Waals surface area (Å²) in [6.45, 7) is 0.511. The van der Waals surface area contributed by atoms with Crippen LogP contribution in [0, 0.1) is 0 Å². The predicted molar refractivity (Wildman–Crippen MR) is 148 cm³/mol. The van der Waals surface area contributed by atoms with Crippen LogP contribution in [-0.2, 0) is 9.47 Å². The SMILES string of the molecule is OOc1ccc(C2=COC(CCC[P+](c3ccccc3)(c3ccccc3)c3ccccc3)CO2)cc1. The van der Waals surface area contributed by atoms with Gasteiger partial charge in [-0.1, -0.05) is 54.6 Å². The van der Waals surface area contributed by atoms with Crippen molar-refractivity contribution in [2.75, 3.05) is 12.8 Å². The van der Waals surface area contributed by atoms with Gasteiger partial charge in [-0.25, -0.2) is 5.26 Å². The summed E-state index contributed by atoms with van der Waals surface area (Å²) in [7, 11) is -1.83. The van der Waals surface area contributed by atoms with Gasteiger partial charge in [-0.2, -0.15) is 0 Å². The molecule has 1 unspecified atom stereocenters. The largest absolute Gasteiger partial charge is 0.491 e. The van der Waals surface area contributed by atoms with E-state index in [-0.39, 0.29) is 6.10 Å². The molecule has 4 aromatic carbocycles. The van der Waals surface area contributed by atoms with Gasteiger partial charge >= 0.3 is 0 Å². The Labute approximate surface area is 213 Å². The first-order valence-electron chi connectivity index (χ1n) is 12.2. The third-order valence-corrected chi connectivity index (χ3v) is 11.2. The molecule has 0 amide bonds. The predicted octanol–water partition coefficient (Wildman–Crippen LogP) is 6.03. The average Bonchev–Trinajstić information content (AvgIpc) is 2.97. The van der Waals surface area contributed by atoms with Gasteiger partial charge in [0.1, 0.15) is 42.1 Å². The fourth-order valence-corrected chi connectivity index (χ4v) is 9.20. The summed E-state index contributed by atoms with van der Waals surface area (Å²) < 4.78 is 12.1. The van der Waals surface area contributed by atoms with Gasteiger partial charge < -0.3 is 14.4 Å². The van der Waals surface area contributed by atoms with Crippen molar-refractivity contribution in [3.63, 3.8) is 0 Å². The fourth-order valence-electron chi connectivity index (χ4n) is 4.83. The van der Waals surface area contributed by atoms with Gasteiger partial charge in [0.05, 0.1) is 6.16 Å². The molecule has 1 N–H and O–H groups in total. The zero-order valence-corrected chi connectivity index (χ0v) is 21.0. The highest BCUT2D eigenvalue weighted by atomic mass is 31.2. The molecule has 0 aromatic heterocycles. The number of hydrogen-bond donors (Lipinski definition) is 1. The van der Waals surface area contributed by atoms with Crippen LogP contribution in [0.25, 0.3) is 5.76 Å². The van der Waals surface area contributed by atoms with Crippen molar-refractivity contribution >= 4 is 28.9 Å². The van der Waals surface area contributed by atoms with Crippen molar-refractivity contribution in [3.05, 3.63) is 127 Å². The van der Waals surface area contributed by atoms with E-state index in [0.717, 1.165) is 24.6 Å². The topological polar surface area (TPSA) is 47.9 Å². The molecular formula is C31H30O4P+. The maximum absolute atomic E-state index is 8.76. The molecule has 0 fully saturated rings. The molecule has 0 saturated carbocycles. The zero-order valence-electron chi connectivity index (χ0n) is 20.1. The van der Waals surface area contributed by atoms with Crippen molar-refractivity contribution < 1.29 is 19.6 Å². The molecule has 0 radical (unpaired) electrons. The lowest BCUT2D eigenvalue weighted by Crippen LogP contribution is -2.34. The van der Waals surface area contributed by atoms with E-state index in [2.05, 4.69) is 95.9 Å². The van der Waals surface area contributed by atoms with Crippen molar-refractivity contribution in [1.82, 2.24) is 0 Å². The second-order valence-electron chi connectivity index (χ2n) is 8.85. The van der Waals surface area contributed by atoms with E-state index < -0.39 is 7.26 Å². The normalized spacial score (nSPS) is 15.4. The molecule has 5 heteroatoms. The summed E-state index contributed by atoms with van der Waals surface area (Å²) in [6.07, 6.45) is 4.71. The Morgan fingerprint density at radius 1 is 0.722 bits per heavy atom. The highest BCUT2D eigenvalue weighted by molar-refractivity contribution is 7.95. The van der Waals surface area contributed by atoms with Crippen LogP contribution in [0.1, 0.15) is 18.4 Å². The maximum atomic E-state index is 8.76. The molecule has 182 valence electrons. The molecule has 1 atom stereocenters. The molecule has 0 spiro atoms. The summed E-state index contributed by atoms with van der Waals surface area (Å²) in [5.74, 6) is 1.08. The molecule has 36 heavy (non-hydrogen) atoms. The number of benzene rings is 4. The van der Waals surface area contributed by atoms with Crippen LogP contribution in [0.2, 0.25) is 0 Å². The second-order valence-corrected chi connectivity index (χ2v) is 12.5. The molecule has 1 aliphatic heterocycles. The Morgan fingerprint density at radius 2 is 1.25 bits per heavy atom. The number of rotatable bonds is 9. The minimum atomic E-state index is -1.83. The van der Waals surface area contributed by atoms with Crippen LogP contribution in [-0.4, -0.2) is 24.1 Å². The minimum Gasteiger partial charge on any atom is -0.491 e. The first-order valence-corrected chi connectivity index (χ1v) is 14.2. The van der Waals surface area contributed by atoms with Crippen molar-refractivity contribution in [2.45, 2.75) is 18.9 Å². The Balaban J connectivity index is 1.35. The molecule has 1 aliphatic rings. The van der Waals surface area contributed by atoms with Crippen LogP contribution < -0.4 is 20.8 Å². The molecule has 5 rings (SSSR count). The highest BCUT2D eigenvalue weighted by Crippen LogP contribution is 2.56. The van der Waals surface area contributed by atoms with Crippen molar-refractivity contribution in [1.29, 1.82) is 0 Å². The molecule has 4 nitrogen and oxygen atoms in total. The second kappa shape index (κ2) is 11.4. The summed E-state index contributed by atoms with van der Waals surface area (Å²) in [6, 6.07) is 40.0. The van der Waals surface area contributed by atoms with E-state index in [1.54, 1.807) is 18.4 Å². The molecule has 4 aromatic rings. The summed E-state index contributed by atoms with van der Waals surface area (Å²) in [5, 5.41) is 13.0. The zero-order chi connectivity index (χ0) is 24.6. The smallest absolute Gasteiger partial charge is 0.165 e. The van der Waals surface area contributed by atoms with E-state index in [0.29, 0.717) is 18.1 Å². The quantitative estimate of drug-likeness (QED) is 0.174. The van der Waals surface area contributed by atoms with E-state index in [9.17, 15) is 0 Å². The van der Waals surface area contributed by atoms with Gasteiger partial charge in [0.2, 0.25) is 0 Å². The van der Waals surface area contributed by atoms with Crippen molar-refractivity contribution in [3.8, 4) is 5.75 Å². The van der Waals surface area contributed by atoms with Crippen LogP contribution >= 0.6 is 7.26 Å². The van der Waals surface area contributed by atoms with Gasteiger partial charge in [-0.3, -0.25) is 0 Å². The van der Waals surface area contributed by atoms with Crippen LogP contribution in [0.4, 0.5) is 0 Å². The molecular weight excluding hydrogens is 467 g/mol. The summed E-state index contributed by atoms with van der Waals surface area (Å²) in [4.78, 5) is 4.25. The van der Waals surface area contributed by atoms with Crippen LogP contribution in [0.5, 0.6) is 5.75 Å². The van der Waals surface area contributed by atoms with E-state index in [1.165, 1.54) is 15.9 Å². The van der Waals surface area contributed by atoms with Gasteiger partial charge in [0.15, 0.2) is 11.5 Å². The first-order chi connectivity index (χ1) is 17.8. The lowest BCUT2D eigenvalue weighted by molar-refractivity contribution is -0.137.